The van der Waals surface area contributed by atoms with Crippen LogP contribution in [0.5, 0.6) is 0 Å². The van der Waals surface area contributed by atoms with Crippen molar-refractivity contribution in [3.63, 3.8) is 0 Å². The molecule has 7 nitrogen and oxygen atoms in total. The van der Waals surface area contributed by atoms with Crippen molar-refractivity contribution in [3.05, 3.63) is 24.3 Å². The lowest BCUT2D eigenvalue weighted by atomic mass is 9.73. The van der Waals surface area contributed by atoms with Crippen molar-refractivity contribution in [3.8, 4) is 0 Å². The van der Waals surface area contributed by atoms with Crippen LogP contribution in [0, 0.1) is 11.8 Å². The predicted octanol–water partition coefficient (Wildman–Crippen LogP) is 7.58. The van der Waals surface area contributed by atoms with Crippen LogP contribution < -0.4 is 0 Å². The maximum absolute atomic E-state index is 12.7. The molecule has 0 aromatic heterocycles. The first-order chi connectivity index (χ1) is 19.8. The summed E-state index contributed by atoms with van der Waals surface area (Å²) in [6, 6.07) is 0. The van der Waals surface area contributed by atoms with Crippen LogP contribution in [0.15, 0.2) is 24.3 Å². The Labute approximate surface area is 250 Å². The topological polar surface area (TPSA) is 82.1 Å². The van der Waals surface area contributed by atoms with Crippen molar-refractivity contribution in [2.45, 2.75) is 129 Å². The van der Waals surface area contributed by atoms with E-state index >= 15 is 0 Å². The SMILES string of the molecule is CCCCC/C=C\COC(=O)CCCC(CCCC(=O)OC/C=C\CCCCC)OC(=O)CC1CC(CN(C)C)C1. The first-order valence-electron chi connectivity index (χ1n) is 16.3. The van der Waals surface area contributed by atoms with Gasteiger partial charge in [-0.05, 0) is 90.1 Å². The molecule has 0 aromatic rings. The molecule has 0 atom stereocenters. The minimum Gasteiger partial charge on any atom is -0.462 e. The number of allylic oxidation sites excluding steroid dienone is 2. The Kier molecular flexibility index (Phi) is 22.0. The number of hydrogen-bond donors (Lipinski definition) is 0. The lowest BCUT2D eigenvalue weighted by Gasteiger charge is -2.36. The summed E-state index contributed by atoms with van der Waals surface area (Å²) < 4.78 is 16.5. The van der Waals surface area contributed by atoms with Gasteiger partial charge in [-0.1, -0.05) is 63.8 Å². The fourth-order valence-electron chi connectivity index (χ4n) is 5.21. The average Bonchev–Trinajstić information content (AvgIpc) is 2.90. The van der Waals surface area contributed by atoms with Crippen molar-refractivity contribution in [2.24, 2.45) is 11.8 Å². The molecule has 0 radical (unpaired) electrons. The summed E-state index contributed by atoms with van der Waals surface area (Å²) in [6.45, 7) is 6.02. The van der Waals surface area contributed by atoms with E-state index in [1.165, 1.54) is 25.7 Å². The van der Waals surface area contributed by atoms with Crippen molar-refractivity contribution in [1.29, 1.82) is 0 Å². The second-order valence-electron chi connectivity index (χ2n) is 11.9. The number of esters is 3. The van der Waals surface area contributed by atoms with Crippen LogP contribution in [0.4, 0.5) is 0 Å². The molecule has 236 valence electrons. The van der Waals surface area contributed by atoms with Gasteiger partial charge in [-0.15, -0.1) is 0 Å². The molecule has 0 bridgehead atoms. The zero-order valence-corrected chi connectivity index (χ0v) is 26.6. The van der Waals surface area contributed by atoms with Crippen LogP contribution in [0.2, 0.25) is 0 Å². The van der Waals surface area contributed by atoms with Gasteiger partial charge in [0.15, 0.2) is 0 Å². The molecule has 7 heteroatoms. The van der Waals surface area contributed by atoms with Gasteiger partial charge in [0, 0.05) is 25.8 Å². The smallest absolute Gasteiger partial charge is 0.306 e. The van der Waals surface area contributed by atoms with Crippen LogP contribution in [-0.2, 0) is 28.6 Å². The van der Waals surface area contributed by atoms with Crippen molar-refractivity contribution < 1.29 is 28.6 Å². The minimum atomic E-state index is -0.308. The van der Waals surface area contributed by atoms with E-state index in [1.807, 2.05) is 12.2 Å². The zero-order valence-electron chi connectivity index (χ0n) is 26.6. The van der Waals surface area contributed by atoms with E-state index in [1.54, 1.807) is 0 Å². The molecule has 0 N–H and O–H groups in total. The highest BCUT2D eigenvalue weighted by Crippen LogP contribution is 2.36. The van der Waals surface area contributed by atoms with Crippen LogP contribution in [-0.4, -0.2) is 62.8 Å². The van der Waals surface area contributed by atoms with Gasteiger partial charge in [0.05, 0.1) is 0 Å². The van der Waals surface area contributed by atoms with E-state index in [-0.39, 0.29) is 24.0 Å². The summed E-state index contributed by atoms with van der Waals surface area (Å²) in [5.74, 6) is 0.410. The van der Waals surface area contributed by atoms with Crippen molar-refractivity contribution in [1.82, 2.24) is 4.90 Å². The quantitative estimate of drug-likeness (QED) is 0.0479. The molecule has 1 fully saturated rings. The van der Waals surface area contributed by atoms with E-state index in [0.717, 1.165) is 45.1 Å². The van der Waals surface area contributed by atoms with E-state index < -0.39 is 0 Å². The molecule has 41 heavy (non-hydrogen) atoms. The summed E-state index contributed by atoms with van der Waals surface area (Å²) in [6.07, 6.45) is 22.3. The molecule has 0 spiro atoms. The molecule has 1 aliphatic rings. The Morgan fingerprint density at radius 2 is 1.22 bits per heavy atom. The predicted molar refractivity (Wildman–Crippen MR) is 165 cm³/mol. The van der Waals surface area contributed by atoms with Crippen LogP contribution in [0.25, 0.3) is 0 Å². The third-order valence-electron chi connectivity index (χ3n) is 7.49. The molecule has 0 aromatic carbocycles. The lowest BCUT2D eigenvalue weighted by molar-refractivity contribution is -0.152. The Bertz CT molecular complexity index is 714. The van der Waals surface area contributed by atoms with Gasteiger partial charge in [-0.2, -0.15) is 0 Å². The number of carbonyl (C=O) groups is 3. The molecular formula is C34H59NO6. The monoisotopic (exact) mass is 577 g/mol. The van der Waals surface area contributed by atoms with Gasteiger partial charge < -0.3 is 19.1 Å². The zero-order chi connectivity index (χ0) is 30.1. The third kappa shape index (κ3) is 21.2. The molecule has 1 rings (SSSR count). The van der Waals surface area contributed by atoms with Gasteiger partial charge in [-0.3, -0.25) is 14.4 Å². The summed E-state index contributed by atoms with van der Waals surface area (Å²) in [5, 5.41) is 0. The van der Waals surface area contributed by atoms with E-state index in [2.05, 4.69) is 45.0 Å². The van der Waals surface area contributed by atoms with Crippen molar-refractivity contribution >= 4 is 17.9 Å². The van der Waals surface area contributed by atoms with Crippen molar-refractivity contribution in [2.75, 3.05) is 33.9 Å². The molecule has 1 aliphatic carbocycles. The Morgan fingerprint density at radius 3 is 1.68 bits per heavy atom. The molecule has 1 saturated carbocycles. The van der Waals surface area contributed by atoms with Gasteiger partial charge >= 0.3 is 17.9 Å². The van der Waals surface area contributed by atoms with Gasteiger partial charge in [0.2, 0.25) is 0 Å². The fourth-order valence-corrected chi connectivity index (χ4v) is 5.21. The summed E-state index contributed by atoms with van der Waals surface area (Å²) in [4.78, 5) is 39.2. The Hall–Kier alpha value is -2.15. The third-order valence-corrected chi connectivity index (χ3v) is 7.49. The first kappa shape index (κ1) is 36.9. The molecule has 0 amide bonds. The number of carbonyl (C=O) groups excluding carboxylic acids is 3. The maximum atomic E-state index is 12.7. The largest absolute Gasteiger partial charge is 0.462 e. The first-order valence-corrected chi connectivity index (χ1v) is 16.3. The number of ether oxygens (including phenoxy) is 3. The molecule has 0 saturated heterocycles. The molecular weight excluding hydrogens is 518 g/mol. The van der Waals surface area contributed by atoms with Gasteiger partial charge in [0.1, 0.15) is 19.3 Å². The number of hydrogen-bond acceptors (Lipinski definition) is 7. The van der Waals surface area contributed by atoms with Crippen LogP contribution in [0.3, 0.4) is 0 Å². The van der Waals surface area contributed by atoms with Gasteiger partial charge in [0.25, 0.3) is 0 Å². The maximum Gasteiger partial charge on any atom is 0.306 e. The Morgan fingerprint density at radius 1 is 0.707 bits per heavy atom. The van der Waals surface area contributed by atoms with E-state index in [4.69, 9.17) is 14.2 Å². The Balaban J connectivity index is 2.39. The summed E-state index contributed by atoms with van der Waals surface area (Å²) >= 11 is 0. The standard InChI is InChI=1S/C34H59NO6/c1-5-7-9-11-13-15-23-39-32(36)21-17-19-31(41-34(38)27-29-25-30(26-29)28-35(3)4)20-18-22-33(37)40-24-16-14-12-10-8-6-2/h13-16,29-31H,5-12,17-28H2,1-4H3/b15-13-,16-14-. The normalized spacial score (nSPS) is 16.9. The highest BCUT2D eigenvalue weighted by atomic mass is 16.5. The van der Waals surface area contributed by atoms with Crippen LogP contribution >= 0.6 is 0 Å². The van der Waals surface area contributed by atoms with Gasteiger partial charge in [-0.25, -0.2) is 0 Å². The average molecular weight is 578 g/mol. The number of rotatable bonds is 25. The highest BCUT2D eigenvalue weighted by molar-refractivity contribution is 5.70. The number of unbranched alkanes of at least 4 members (excludes halogenated alkanes) is 6. The fraction of sp³-hybridized carbons (Fsp3) is 0.794. The summed E-state index contributed by atoms with van der Waals surface area (Å²) in [5.41, 5.74) is 0. The summed E-state index contributed by atoms with van der Waals surface area (Å²) in [7, 11) is 4.16. The van der Waals surface area contributed by atoms with E-state index in [9.17, 15) is 14.4 Å². The van der Waals surface area contributed by atoms with Crippen LogP contribution in [0.1, 0.15) is 123 Å². The lowest BCUT2D eigenvalue weighted by Crippen LogP contribution is -2.34. The molecule has 0 heterocycles. The second-order valence-corrected chi connectivity index (χ2v) is 11.9. The second kappa shape index (κ2) is 24.4. The minimum absolute atomic E-state index is 0.171. The number of nitrogens with zero attached hydrogens (tertiary/aromatic N) is 1. The van der Waals surface area contributed by atoms with E-state index in [0.29, 0.717) is 70.0 Å². The highest BCUT2D eigenvalue weighted by Gasteiger charge is 2.32. The molecule has 0 unspecified atom stereocenters. The molecule has 0 aliphatic heterocycles.